The number of amides is 1. The van der Waals surface area contributed by atoms with Gasteiger partial charge in [-0.1, -0.05) is 18.2 Å². The molecule has 1 aromatic carbocycles. The lowest BCUT2D eigenvalue weighted by Gasteiger charge is -2.37. The van der Waals surface area contributed by atoms with Crippen molar-refractivity contribution in [1.29, 1.82) is 0 Å². The molecule has 2 N–H and O–H groups in total. The molecular formula is C17H23N5O2. The summed E-state index contributed by atoms with van der Waals surface area (Å²) in [6, 6.07) is 9.53. The summed E-state index contributed by atoms with van der Waals surface area (Å²) in [5.74, 6) is -0.203. The van der Waals surface area contributed by atoms with Crippen LogP contribution >= 0.6 is 0 Å². The molecule has 3 rings (SSSR count). The van der Waals surface area contributed by atoms with Gasteiger partial charge < -0.3 is 15.4 Å². The fourth-order valence-electron chi connectivity index (χ4n) is 3.05. The van der Waals surface area contributed by atoms with Crippen LogP contribution in [0.2, 0.25) is 0 Å². The minimum atomic E-state index is -0.203. The molecule has 2 aromatic rings. The molecule has 1 amide bonds. The van der Waals surface area contributed by atoms with Crippen molar-refractivity contribution in [1.82, 2.24) is 25.6 Å². The lowest BCUT2D eigenvalue weighted by Crippen LogP contribution is -2.47. The summed E-state index contributed by atoms with van der Waals surface area (Å²) >= 11 is 0. The minimum Gasteiger partial charge on any atom is -0.384 e. The van der Waals surface area contributed by atoms with Gasteiger partial charge in [-0.15, -0.1) is 5.10 Å². The first-order valence-corrected chi connectivity index (χ1v) is 8.18. The zero-order valence-corrected chi connectivity index (χ0v) is 13.9. The van der Waals surface area contributed by atoms with Crippen LogP contribution < -0.4 is 10.6 Å². The number of nitrogens with zero attached hydrogens (tertiary/aromatic N) is 3. The molecule has 0 radical (unpaired) electrons. The smallest absolute Gasteiger partial charge is 0.273 e. The van der Waals surface area contributed by atoms with Crippen LogP contribution in [0.25, 0.3) is 5.69 Å². The molecule has 1 aliphatic heterocycles. The van der Waals surface area contributed by atoms with E-state index in [-0.39, 0.29) is 11.3 Å². The number of hydrogen-bond donors (Lipinski definition) is 2. The number of benzene rings is 1. The standard InChI is InChI=1S/C17H23N5O2/c1-24-13-17(7-9-18-10-8-17)12-19-16(23)15-11-20-22(21-15)14-5-3-2-4-6-14/h2-6,11,18H,7-10,12-13H2,1H3,(H,19,23). The molecule has 0 unspecified atom stereocenters. The van der Waals surface area contributed by atoms with Gasteiger partial charge in [-0.3, -0.25) is 4.79 Å². The summed E-state index contributed by atoms with van der Waals surface area (Å²) in [5.41, 5.74) is 1.14. The number of carbonyl (C=O) groups is 1. The Morgan fingerprint density at radius 2 is 2.08 bits per heavy atom. The first-order valence-electron chi connectivity index (χ1n) is 8.18. The van der Waals surface area contributed by atoms with Gasteiger partial charge in [-0.2, -0.15) is 9.90 Å². The van der Waals surface area contributed by atoms with Crippen LogP contribution in [0, 0.1) is 5.41 Å². The maximum atomic E-state index is 12.4. The molecule has 0 atom stereocenters. The average Bonchev–Trinajstić information content (AvgIpc) is 3.12. The lowest BCUT2D eigenvalue weighted by molar-refractivity contribution is 0.0510. The highest BCUT2D eigenvalue weighted by atomic mass is 16.5. The van der Waals surface area contributed by atoms with Crippen molar-refractivity contribution in [2.24, 2.45) is 5.41 Å². The van der Waals surface area contributed by atoms with Crippen molar-refractivity contribution < 1.29 is 9.53 Å². The molecule has 7 heteroatoms. The van der Waals surface area contributed by atoms with E-state index in [4.69, 9.17) is 4.74 Å². The van der Waals surface area contributed by atoms with E-state index in [0.29, 0.717) is 18.8 Å². The van der Waals surface area contributed by atoms with E-state index in [1.54, 1.807) is 7.11 Å². The summed E-state index contributed by atoms with van der Waals surface area (Å²) < 4.78 is 5.37. The number of carbonyl (C=O) groups excluding carboxylic acids is 1. The number of aromatic nitrogens is 3. The Hall–Kier alpha value is -2.25. The molecule has 0 bridgehead atoms. The number of piperidine rings is 1. The highest BCUT2D eigenvalue weighted by Crippen LogP contribution is 2.28. The molecular weight excluding hydrogens is 306 g/mol. The third-order valence-electron chi connectivity index (χ3n) is 4.45. The van der Waals surface area contributed by atoms with E-state index in [0.717, 1.165) is 31.6 Å². The minimum absolute atomic E-state index is 0.00884. The fourth-order valence-corrected chi connectivity index (χ4v) is 3.05. The van der Waals surface area contributed by atoms with E-state index in [1.165, 1.54) is 11.0 Å². The van der Waals surface area contributed by atoms with E-state index < -0.39 is 0 Å². The molecule has 0 aliphatic carbocycles. The van der Waals surface area contributed by atoms with Crippen molar-refractivity contribution in [2.75, 3.05) is 33.4 Å². The second-order valence-corrected chi connectivity index (χ2v) is 6.22. The first kappa shape index (κ1) is 16.6. The van der Waals surface area contributed by atoms with Gasteiger partial charge in [-0.05, 0) is 38.1 Å². The van der Waals surface area contributed by atoms with Crippen LogP contribution in [-0.2, 0) is 4.74 Å². The van der Waals surface area contributed by atoms with Crippen LogP contribution in [0.4, 0.5) is 0 Å². The van der Waals surface area contributed by atoms with Crippen LogP contribution in [0.3, 0.4) is 0 Å². The van der Waals surface area contributed by atoms with E-state index in [1.807, 2.05) is 30.3 Å². The molecule has 24 heavy (non-hydrogen) atoms. The Morgan fingerprint density at radius 3 is 2.79 bits per heavy atom. The maximum absolute atomic E-state index is 12.4. The lowest BCUT2D eigenvalue weighted by atomic mass is 9.79. The number of hydrogen-bond acceptors (Lipinski definition) is 5. The van der Waals surface area contributed by atoms with E-state index in [9.17, 15) is 4.79 Å². The van der Waals surface area contributed by atoms with Crippen LogP contribution in [0.15, 0.2) is 36.5 Å². The highest BCUT2D eigenvalue weighted by molar-refractivity contribution is 5.91. The van der Waals surface area contributed by atoms with Crippen molar-refractivity contribution in [3.63, 3.8) is 0 Å². The second-order valence-electron chi connectivity index (χ2n) is 6.22. The molecule has 1 saturated heterocycles. The Morgan fingerprint density at radius 1 is 1.33 bits per heavy atom. The van der Waals surface area contributed by atoms with Crippen molar-refractivity contribution in [3.05, 3.63) is 42.2 Å². The molecule has 0 saturated carbocycles. The van der Waals surface area contributed by atoms with Crippen molar-refractivity contribution in [3.8, 4) is 5.69 Å². The predicted octanol–water partition coefficient (Wildman–Crippen LogP) is 1.01. The zero-order valence-electron chi connectivity index (χ0n) is 13.9. The Bertz CT molecular complexity index is 659. The van der Waals surface area contributed by atoms with E-state index in [2.05, 4.69) is 20.8 Å². The zero-order chi connectivity index (χ0) is 16.8. The summed E-state index contributed by atoms with van der Waals surface area (Å²) in [4.78, 5) is 13.9. The number of nitrogens with one attached hydrogen (secondary N) is 2. The van der Waals surface area contributed by atoms with Gasteiger partial charge in [0.05, 0.1) is 18.5 Å². The van der Waals surface area contributed by atoms with E-state index >= 15 is 0 Å². The first-order chi connectivity index (χ1) is 11.7. The van der Waals surface area contributed by atoms with Gasteiger partial charge in [0.1, 0.15) is 0 Å². The molecule has 128 valence electrons. The topological polar surface area (TPSA) is 81.1 Å². The predicted molar refractivity (Wildman–Crippen MR) is 90.1 cm³/mol. The number of methoxy groups -OCH3 is 1. The van der Waals surface area contributed by atoms with Crippen LogP contribution in [0.1, 0.15) is 23.3 Å². The number of para-hydroxylation sites is 1. The Balaban J connectivity index is 1.63. The average molecular weight is 329 g/mol. The van der Waals surface area contributed by atoms with Gasteiger partial charge in [0.2, 0.25) is 0 Å². The fraction of sp³-hybridized carbons (Fsp3) is 0.471. The molecule has 2 heterocycles. The Kier molecular flexibility index (Phi) is 5.22. The molecule has 1 aliphatic rings. The normalized spacial score (nSPS) is 16.7. The molecule has 1 fully saturated rings. The molecule has 1 aromatic heterocycles. The molecule has 0 spiro atoms. The largest absolute Gasteiger partial charge is 0.384 e. The van der Waals surface area contributed by atoms with Gasteiger partial charge in [0, 0.05) is 19.1 Å². The summed E-state index contributed by atoms with van der Waals surface area (Å²) in [6.45, 7) is 3.12. The third-order valence-corrected chi connectivity index (χ3v) is 4.45. The van der Waals surface area contributed by atoms with Gasteiger partial charge in [-0.25, -0.2) is 0 Å². The maximum Gasteiger partial charge on any atom is 0.273 e. The van der Waals surface area contributed by atoms with Gasteiger partial charge in [0.15, 0.2) is 5.69 Å². The van der Waals surface area contributed by atoms with Gasteiger partial charge in [0.25, 0.3) is 5.91 Å². The quantitative estimate of drug-likeness (QED) is 0.827. The summed E-state index contributed by atoms with van der Waals surface area (Å²) in [5, 5.41) is 14.8. The number of rotatable bonds is 6. The van der Waals surface area contributed by atoms with Crippen molar-refractivity contribution >= 4 is 5.91 Å². The SMILES string of the molecule is COCC1(CNC(=O)c2cnn(-c3ccccc3)n2)CCNCC1. The van der Waals surface area contributed by atoms with Crippen LogP contribution in [0.5, 0.6) is 0 Å². The van der Waals surface area contributed by atoms with Crippen LogP contribution in [-0.4, -0.2) is 54.3 Å². The number of ether oxygens (including phenoxy) is 1. The van der Waals surface area contributed by atoms with Crippen molar-refractivity contribution in [2.45, 2.75) is 12.8 Å². The third kappa shape index (κ3) is 3.80. The summed E-state index contributed by atoms with van der Waals surface area (Å²) in [6.07, 6.45) is 3.46. The summed E-state index contributed by atoms with van der Waals surface area (Å²) in [7, 11) is 1.71. The highest BCUT2D eigenvalue weighted by Gasteiger charge is 2.32. The monoisotopic (exact) mass is 329 g/mol. The van der Waals surface area contributed by atoms with Gasteiger partial charge >= 0.3 is 0 Å². The Labute approximate surface area is 141 Å². The second kappa shape index (κ2) is 7.55. The molecule has 7 nitrogen and oxygen atoms in total.